The molecule has 0 amide bonds. The summed E-state index contributed by atoms with van der Waals surface area (Å²) >= 11 is 1.41. The van der Waals surface area contributed by atoms with E-state index in [1.165, 1.54) is 22.5 Å². The Bertz CT molecular complexity index is 1590. The molecule has 33 heavy (non-hydrogen) atoms. The number of aromatic nitrogens is 1. The molecule has 0 saturated heterocycles. The zero-order valence-electron chi connectivity index (χ0n) is 18.4. The first kappa shape index (κ1) is 20.0. The fourth-order valence-corrected chi connectivity index (χ4v) is 5.75. The Morgan fingerprint density at radius 1 is 1.09 bits per heavy atom. The third-order valence-electron chi connectivity index (χ3n) is 6.34. The Balaban J connectivity index is 1.62. The standard InChI is InChI=1S/C27H22N2O3S/c1-16-7-11-20(32-16)15-23-26(30)29-25(18-8-12-19(31-2)13-9-18)22-14-10-17-5-3-4-6-21(17)24(22)28-27(29)33-23/h3-9,11-13,15,25H,10,14H2,1-2H3. The van der Waals surface area contributed by atoms with E-state index in [0.29, 0.717) is 15.1 Å². The van der Waals surface area contributed by atoms with Crippen LogP contribution in [-0.2, 0) is 6.42 Å². The normalized spacial score (nSPS) is 17.3. The van der Waals surface area contributed by atoms with Gasteiger partial charge in [0.15, 0.2) is 4.80 Å². The monoisotopic (exact) mass is 454 g/mol. The summed E-state index contributed by atoms with van der Waals surface area (Å²) in [5.41, 5.74) is 5.67. The third kappa shape index (κ3) is 3.29. The molecule has 0 N–H and O–H groups in total. The maximum absolute atomic E-state index is 13.6. The molecule has 1 atom stereocenters. The van der Waals surface area contributed by atoms with Gasteiger partial charge in [0.05, 0.1) is 23.4 Å². The minimum atomic E-state index is -0.198. The number of allylic oxidation sites excluding steroid dienone is 1. The number of aryl methyl sites for hydroxylation is 2. The highest BCUT2D eigenvalue weighted by atomic mass is 32.1. The third-order valence-corrected chi connectivity index (χ3v) is 7.32. The lowest BCUT2D eigenvalue weighted by Crippen LogP contribution is -2.38. The van der Waals surface area contributed by atoms with Crippen molar-refractivity contribution in [3.63, 3.8) is 0 Å². The minimum absolute atomic E-state index is 0.0426. The van der Waals surface area contributed by atoms with Crippen LogP contribution in [0.5, 0.6) is 5.75 Å². The topological polar surface area (TPSA) is 56.7 Å². The van der Waals surface area contributed by atoms with Crippen molar-refractivity contribution in [3.8, 4) is 5.75 Å². The number of rotatable bonds is 3. The molecule has 1 aliphatic heterocycles. The van der Waals surface area contributed by atoms with Crippen molar-refractivity contribution >= 4 is 23.1 Å². The van der Waals surface area contributed by atoms with Gasteiger partial charge in [-0.1, -0.05) is 47.7 Å². The molecule has 0 saturated carbocycles. The summed E-state index contributed by atoms with van der Waals surface area (Å²) in [6.45, 7) is 1.90. The van der Waals surface area contributed by atoms with Crippen molar-refractivity contribution in [3.05, 3.63) is 114 Å². The number of benzene rings is 2. The van der Waals surface area contributed by atoms with Crippen LogP contribution in [0.2, 0.25) is 0 Å². The molecule has 0 bridgehead atoms. The lowest BCUT2D eigenvalue weighted by molar-refractivity contribution is 0.414. The molecule has 3 heterocycles. The quantitative estimate of drug-likeness (QED) is 0.466. The molecule has 2 aromatic carbocycles. The molecule has 1 unspecified atom stereocenters. The molecule has 2 aromatic heterocycles. The summed E-state index contributed by atoms with van der Waals surface area (Å²) in [5, 5.41) is 0. The second-order valence-electron chi connectivity index (χ2n) is 8.34. The highest BCUT2D eigenvalue weighted by Gasteiger charge is 2.32. The van der Waals surface area contributed by atoms with Crippen LogP contribution in [0.25, 0.3) is 11.8 Å². The Hall–Kier alpha value is -3.64. The van der Waals surface area contributed by atoms with Crippen molar-refractivity contribution in [2.24, 2.45) is 4.99 Å². The molecule has 2 aliphatic rings. The molecule has 0 spiro atoms. The van der Waals surface area contributed by atoms with Gasteiger partial charge in [-0.25, -0.2) is 4.99 Å². The van der Waals surface area contributed by atoms with Crippen LogP contribution >= 0.6 is 11.3 Å². The molecule has 0 fully saturated rings. The van der Waals surface area contributed by atoms with Gasteiger partial charge in [0, 0.05) is 11.6 Å². The van der Waals surface area contributed by atoms with Crippen molar-refractivity contribution < 1.29 is 9.15 Å². The summed E-state index contributed by atoms with van der Waals surface area (Å²) in [5.74, 6) is 2.28. The molecular weight excluding hydrogens is 432 g/mol. The first-order chi connectivity index (χ1) is 16.1. The highest BCUT2D eigenvalue weighted by molar-refractivity contribution is 7.07. The first-order valence-electron chi connectivity index (χ1n) is 11.0. The SMILES string of the molecule is COc1ccc(C2C3=C(N=c4sc(=Cc5ccc(C)o5)c(=O)n42)c2ccccc2CC3)cc1. The van der Waals surface area contributed by atoms with Crippen LogP contribution in [0.1, 0.15) is 40.7 Å². The van der Waals surface area contributed by atoms with E-state index in [4.69, 9.17) is 14.1 Å². The molecule has 6 heteroatoms. The summed E-state index contributed by atoms with van der Waals surface area (Å²) in [6, 6.07) is 20.0. The fraction of sp³-hybridized carbons (Fsp3) is 0.185. The molecule has 5 nitrogen and oxygen atoms in total. The Morgan fingerprint density at radius 3 is 2.67 bits per heavy atom. The highest BCUT2D eigenvalue weighted by Crippen LogP contribution is 2.41. The van der Waals surface area contributed by atoms with E-state index in [9.17, 15) is 4.79 Å². The number of nitrogens with zero attached hydrogens (tertiary/aromatic N) is 2. The van der Waals surface area contributed by atoms with Gasteiger partial charge in [-0.15, -0.1) is 0 Å². The Kier molecular flexibility index (Phi) is 4.69. The molecule has 4 aromatic rings. The van der Waals surface area contributed by atoms with E-state index in [2.05, 4.69) is 24.3 Å². The summed E-state index contributed by atoms with van der Waals surface area (Å²) in [6.07, 6.45) is 3.62. The van der Waals surface area contributed by atoms with Crippen LogP contribution in [0.15, 0.2) is 80.4 Å². The Labute approximate surface area is 194 Å². The van der Waals surface area contributed by atoms with E-state index in [0.717, 1.165) is 41.2 Å². The Morgan fingerprint density at radius 2 is 1.91 bits per heavy atom. The minimum Gasteiger partial charge on any atom is -0.497 e. The van der Waals surface area contributed by atoms with Crippen molar-refractivity contribution in [1.82, 2.24) is 4.57 Å². The second kappa shape index (κ2) is 7.74. The summed E-state index contributed by atoms with van der Waals surface area (Å²) in [4.78, 5) is 19.4. The van der Waals surface area contributed by atoms with E-state index >= 15 is 0 Å². The van der Waals surface area contributed by atoms with Crippen molar-refractivity contribution in [2.75, 3.05) is 7.11 Å². The van der Waals surface area contributed by atoms with E-state index in [1.807, 2.05) is 54.0 Å². The first-order valence-corrected chi connectivity index (χ1v) is 11.8. The van der Waals surface area contributed by atoms with Gasteiger partial charge in [-0.2, -0.15) is 0 Å². The van der Waals surface area contributed by atoms with E-state index in [-0.39, 0.29) is 11.6 Å². The summed E-state index contributed by atoms with van der Waals surface area (Å²) in [7, 11) is 1.66. The average Bonchev–Trinajstić information content (AvgIpc) is 3.40. The van der Waals surface area contributed by atoms with Gasteiger partial charge in [0.25, 0.3) is 5.56 Å². The van der Waals surface area contributed by atoms with Crippen molar-refractivity contribution in [1.29, 1.82) is 0 Å². The zero-order valence-corrected chi connectivity index (χ0v) is 19.2. The van der Waals surface area contributed by atoms with Crippen LogP contribution in [-0.4, -0.2) is 11.7 Å². The largest absolute Gasteiger partial charge is 0.497 e. The number of ether oxygens (including phenoxy) is 1. The number of furan rings is 1. The number of hydrogen-bond donors (Lipinski definition) is 0. The molecule has 0 radical (unpaired) electrons. The lowest BCUT2D eigenvalue weighted by Gasteiger charge is -2.30. The smallest absolute Gasteiger partial charge is 0.271 e. The number of thiazole rings is 1. The zero-order chi connectivity index (χ0) is 22.5. The van der Waals surface area contributed by atoms with Crippen LogP contribution in [0.4, 0.5) is 0 Å². The van der Waals surface area contributed by atoms with Gasteiger partial charge >= 0.3 is 0 Å². The number of fused-ring (bicyclic) bond motifs is 3. The maximum Gasteiger partial charge on any atom is 0.271 e. The van der Waals surface area contributed by atoms with E-state index in [1.54, 1.807) is 7.11 Å². The van der Waals surface area contributed by atoms with Gasteiger partial charge in [0.2, 0.25) is 0 Å². The molecular formula is C27H22N2O3S. The maximum atomic E-state index is 13.6. The van der Waals surface area contributed by atoms with Crippen LogP contribution in [0.3, 0.4) is 0 Å². The summed E-state index contributed by atoms with van der Waals surface area (Å²) < 4.78 is 13.5. The van der Waals surface area contributed by atoms with Gasteiger partial charge in [-0.05, 0) is 60.7 Å². The second-order valence-corrected chi connectivity index (χ2v) is 9.34. The molecule has 164 valence electrons. The molecule has 1 aliphatic carbocycles. The number of hydrogen-bond acceptors (Lipinski definition) is 5. The predicted octanol–water partition coefficient (Wildman–Crippen LogP) is 4.23. The predicted molar refractivity (Wildman–Crippen MR) is 129 cm³/mol. The van der Waals surface area contributed by atoms with E-state index < -0.39 is 0 Å². The molecule has 6 rings (SSSR count). The van der Waals surface area contributed by atoms with Crippen LogP contribution in [0, 0.1) is 6.92 Å². The average molecular weight is 455 g/mol. The fourth-order valence-electron chi connectivity index (χ4n) is 4.77. The van der Waals surface area contributed by atoms with Gasteiger partial charge < -0.3 is 9.15 Å². The lowest BCUT2D eigenvalue weighted by atomic mass is 9.83. The van der Waals surface area contributed by atoms with Gasteiger partial charge in [-0.3, -0.25) is 9.36 Å². The van der Waals surface area contributed by atoms with Crippen LogP contribution < -0.4 is 19.6 Å². The number of methoxy groups -OCH3 is 1. The van der Waals surface area contributed by atoms with Crippen molar-refractivity contribution in [2.45, 2.75) is 25.8 Å². The van der Waals surface area contributed by atoms with Gasteiger partial charge in [0.1, 0.15) is 17.3 Å².